The van der Waals surface area contributed by atoms with E-state index in [4.69, 9.17) is 26.3 Å². The minimum Gasteiger partial charge on any atom is -0.481 e. The van der Waals surface area contributed by atoms with Gasteiger partial charge in [0.05, 0.1) is 10.7 Å². The van der Waals surface area contributed by atoms with Gasteiger partial charge in [-0.1, -0.05) is 62.7 Å². The topological polar surface area (TPSA) is 95.5 Å². The van der Waals surface area contributed by atoms with E-state index < -0.39 is 5.97 Å². The second-order valence-electron chi connectivity index (χ2n) is 8.24. The van der Waals surface area contributed by atoms with Gasteiger partial charge >= 0.3 is 12.1 Å². The van der Waals surface area contributed by atoms with E-state index >= 15 is 0 Å². The number of fused-ring (bicyclic) bond motifs is 1. The Balaban J connectivity index is 0.000000591. The Labute approximate surface area is 201 Å². The summed E-state index contributed by atoms with van der Waals surface area (Å²) in [6, 6.07) is 13.2. The van der Waals surface area contributed by atoms with Crippen LogP contribution in [-0.2, 0) is 40.2 Å². The van der Waals surface area contributed by atoms with E-state index in [2.05, 4.69) is 54.8 Å². The normalized spacial score (nSPS) is 12.2. The maximum atomic E-state index is 9.37. The SMILES string of the molecule is CC(C)CCc1ccc(CNc2c(Cl)ccc3c2CCNCC3)cc1.CCC(=O)O.O=C=O. The van der Waals surface area contributed by atoms with Crippen LogP contribution in [0.3, 0.4) is 0 Å². The summed E-state index contributed by atoms with van der Waals surface area (Å²) in [4.78, 5) is 25.6. The molecule has 7 heteroatoms. The zero-order valence-corrected chi connectivity index (χ0v) is 20.5. The molecule has 180 valence electrons. The maximum absolute atomic E-state index is 9.37. The van der Waals surface area contributed by atoms with Crippen molar-refractivity contribution in [3.05, 3.63) is 63.7 Å². The lowest BCUT2D eigenvalue weighted by Gasteiger charge is -2.16. The first-order chi connectivity index (χ1) is 15.8. The van der Waals surface area contributed by atoms with Crippen LogP contribution in [0.4, 0.5) is 5.69 Å². The minimum atomic E-state index is -0.745. The van der Waals surface area contributed by atoms with Gasteiger partial charge in [0.1, 0.15) is 0 Å². The van der Waals surface area contributed by atoms with Crippen molar-refractivity contribution in [3.8, 4) is 0 Å². The summed E-state index contributed by atoms with van der Waals surface area (Å²) in [6.07, 6.45) is 4.99. The van der Waals surface area contributed by atoms with Gasteiger partial charge in [-0.05, 0) is 73.0 Å². The van der Waals surface area contributed by atoms with Gasteiger partial charge in [-0.3, -0.25) is 4.79 Å². The van der Waals surface area contributed by atoms with Crippen LogP contribution in [0.25, 0.3) is 0 Å². The van der Waals surface area contributed by atoms with Gasteiger partial charge in [-0.15, -0.1) is 0 Å². The predicted octanol–water partition coefficient (Wildman–Crippen LogP) is 5.13. The van der Waals surface area contributed by atoms with Gasteiger partial charge in [-0.2, -0.15) is 9.59 Å². The van der Waals surface area contributed by atoms with Crippen molar-refractivity contribution in [2.24, 2.45) is 5.92 Å². The number of carboxylic acid groups (broad SMARTS) is 1. The monoisotopic (exact) mass is 474 g/mol. The Morgan fingerprint density at radius 1 is 1.09 bits per heavy atom. The highest BCUT2D eigenvalue weighted by molar-refractivity contribution is 6.33. The number of carbonyl (C=O) groups excluding carboxylic acids is 2. The minimum absolute atomic E-state index is 0.222. The molecule has 6 nitrogen and oxygen atoms in total. The van der Waals surface area contributed by atoms with Gasteiger partial charge < -0.3 is 15.7 Å². The number of benzene rings is 2. The van der Waals surface area contributed by atoms with Crippen molar-refractivity contribution in [2.45, 2.75) is 59.4 Å². The number of carboxylic acids is 1. The van der Waals surface area contributed by atoms with E-state index in [9.17, 15) is 4.79 Å². The van der Waals surface area contributed by atoms with Crippen molar-refractivity contribution < 1.29 is 19.5 Å². The van der Waals surface area contributed by atoms with Crippen LogP contribution in [0.5, 0.6) is 0 Å². The summed E-state index contributed by atoms with van der Waals surface area (Å²) in [6.45, 7) is 9.04. The second kappa shape index (κ2) is 16.0. The molecule has 0 radical (unpaired) electrons. The molecule has 3 N–H and O–H groups in total. The third kappa shape index (κ3) is 11.2. The van der Waals surface area contributed by atoms with E-state index in [1.165, 1.54) is 28.7 Å². The maximum Gasteiger partial charge on any atom is 0.373 e. The molecule has 0 unspecified atom stereocenters. The predicted molar refractivity (Wildman–Crippen MR) is 132 cm³/mol. The van der Waals surface area contributed by atoms with Gasteiger partial charge in [0.25, 0.3) is 0 Å². The van der Waals surface area contributed by atoms with Crippen molar-refractivity contribution in [2.75, 3.05) is 18.4 Å². The zero-order chi connectivity index (χ0) is 24.6. The molecule has 0 aromatic heterocycles. The second-order valence-corrected chi connectivity index (χ2v) is 8.65. The number of hydrogen-bond acceptors (Lipinski definition) is 5. The number of rotatable bonds is 7. The molecule has 1 aliphatic heterocycles. The van der Waals surface area contributed by atoms with Crippen molar-refractivity contribution >= 4 is 29.4 Å². The van der Waals surface area contributed by atoms with Gasteiger partial charge in [0.2, 0.25) is 0 Å². The van der Waals surface area contributed by atoms with Crippen LogP contribution < -0.4 is 10.6 Å². The van der Waals surface area contributed by atoms with Crippen LogP contribution in [0.2, 0.25) is 5.02 Å². The van der Waals surface area contributed by atoms with Crippen molar-refractivity contribution in [1.29, 1.82) is 0 Å². The van der Waals surface area contributed by atoms with Gasteiger partial charge in [-0.25, -0.2) is 0 Å². The molecule has 0 amide bonds. The Kier molecular flexibility index (Phi) is 13.8. The molecule has 0 saturated heterocycles. The van der Waals surface area contributed by atoms with E-state index in [1.807, 2.05) is 6.07 Å². The molecular formula is C26H35ClN2O4. The highest BCUT2D eigenvalue weighted by Crippen LogP contribution is 2.31. The first-order valence-electron chi connectivity index (χ1n) is 11.4. The number of aliphatic carboxylic acids is 1. The first-order valence-corrected chi connectivity index (χ1v) is 11.7. The summed E-state index contributed by atoms with van der Waals surface area (Å²) in [5.74, 6) is 0.0105. The molecule has 0 saturated carbocycles. The van der Waals surface area contributed by atoms with E-state index in [0.717, 1.165) is 55.5 Å². The molecule has 1 heterocycles. The molecule has 0 fully saturated rings. The molecule has 33 heavy (non-hydrogen) atoms. The molecule has 0 aliphatic carbocycles. The van der Waals surface area contributed by atoms with Crippen LogP contribution in [0.1, 0.15) is 55.9 Å². The summed E-state index contributed by atoms with van der Waals surface area (Å²) >= 11 is 6.49. The fourth-order valence-electron chi connectivity index (χ4n) is 3.40. The Bertz CT molecular complexity index is 892. The Morgan fingerprint density at radius 3 is 2.24 bits per heavy atom. The third-order valence-electron chi connectivity index (χ3n) is 5.29. The lowest BCUT2D eigenvalue weighted by molar-refractivity contribution is -0.191. The smallest absolute Gasteiger partial charge is 0.373 e. The quantitative estimate of drug-likeness (QED) is 0.515. The molecule has 0 spiro atoms. The van der Waals surface area contributed by atoms with E-state index in [0.29, 0.717) is 0 Å². The number of halogens is 1. The Morgan fingerprint density at radius 2 is 1.67 bits per heavy atom. The first kappa shape index (κ1) is 28.4. The van der Waals surface area contributed by atoms with Gasteiger partial charge in [0.15, 0.2) is 0 Å². The van der Waals surface area contributed by atoms with Crippen molar-refractivity contribution in [1.82, 2.24) is 5.32 Å². The average Bonchev–Trinajstić information content (AvgIpc) is 3.04. The molecular weight excluding hydrogens is 440 g/mol. The summed E-state index contributed by atoms with van der Waals surface area (Å²) in [5, 5.41) is 15.6. The van der Waals surface area contributed by atoms with E-state index in [1.54, 1.807) is 6.92 Å². The lowest BCUT2D eigenvalue weighted by Crippen LogP contribution is -2.16. The lowest BCUT2D eigenvalue weighted by atomic mass is 10.00. The van der Waals surface area contributed by atoms with Crippen LogP contribution in [0, 0.1) is 5.92 Å². The molecule has 0 atom stereocenters. The molecule has 0 bridgehead atoms. The third-order valence-corrected chi connectivity index (χ3v) is 5.60. The average molecular weight is 475 g/mol. The van der Waals surface area contributed by atoms with Crippen LogP contribution >= 0.6 is 11.6 Å². The highest BCUT2D eigenvalue weighted by atomic mass is 35.5. The number of anilines is 1. The standard InChI is InChI=1S/C22H29ClN2.C3H6O2.CO2/c1-16(2)3-4-17-5-7-18(8-6-17)15-25-22-20-12-14-24-13-11-19(20)9-10-21(22)23;1-2-3(4)5;2-1-3/h5-10,16,24-25H,3-4,11-15H2,1-2H3;2H2,1H3,(H,4,5);. The number of nitrogens with one attached hydrogen (secondary N) is 2. The van der Waals surface area contributed by atoms with Crippen molar-refractivity contribution in [3.63, 3.8) is 0 Å². The van der Waals surface area contributed by atoms with Crippen LogP contribution in [-0.4, -0.2) is 30.3 Å². The fraction of sp³-hybridized carbons (Fsp3) is 0.462. The highest BCUT2D eigenvalue weighted by Gasteiger charge is 2.14. The van der Waals surface area contributed by atoms with Crippen LogP contribution in [0.15, 0.2) is 36.4 Å². The van der Waals surface area contributed by atoms with Gasteiger partial charge in [0, 0.05) is 13.0 Å². The summed E-state index contributed by atoms with van der Waals surface area (Å²) in [7, 11) is 0. The number of hydrogen-bond donors (Lipinski definition) is 3. The molecule has 3 rings (SSSR count). The zero-order valence-electron chi connectivity index (χ0n) is 19.7. The summed E-state index contributed by atoms with van der Waals surface area (Å²) < 4.78 is 0. The molecule has 2 aromatic carbocycles. The largest absolute Gasteiger partial charge is 0.481 e. The molecule has 2 aromatic rings. The molecule has 1 aliphatic rings. The number of aryl methyl sites for hydroxylation is 1. The number of carbonyl (C=O) groups is 1. The Hall–Kier alpha value is -2.66. The summed E-state index contributed by atoms with van der Waals surface area (Å²) in [5.41, 5.74) is 6.64. The fourth-order valence-corrected chi connectivity index (χ4v) is 3.65. The van der Waals surface area contributed by atoms with E-state index in [-0.39, 0.29) is 12.6 Å².